The third-order valence-electron chi connectivity index (χ3n) is 3.67. The molecule has 2 N–H and O–H groups in total. The highest BCUT2D eigenvalue weighted by Crippen LogP contribution is 2.35. The Bertz CT molecular complexity index is 1000. The lowest BCUT2D eigenvalue weighted by molar-refractivity contribution is 0.0687. The van der Waals surface area contributed by atoms with Crippen LogP contribution in [0.4, 0.5) is 15.9 Å². The molecule has 0 amide bonds. The molecule has 0 aliphatic carbocycles. The maximum Gasteiger partial charge on any atom is 0.354 e. The van der Waals surface area contributed by atoms with Gasteiger partial charge in [-0.25, -0.2) is 19.2 Å². The number of carboxylic acid groups (broad SMARTS) is 1. The van der Waals surface area contributed by atoms with Gasteiger partial charge < -0.3 is 19.7 Å². The molecule has 0 bridgehead atoms. The van der Waals surface area contributed by atoms with Crippen molar-refractivity contribution in [2.24, 2.45) is 7.05 Å². The summed E-state index contributed by atoms with van der Waals surface area (Å²) < 4.78 is 20.6. The van der Waals surface area contributed by atoms with Crippen LogP contribution in [0.5, 0.6) is 5.75 Å². The molecular weight excluding hydrogens is 363 g/mol. The predicted molar refractivity (Wildman–Crippen MR) is 95.9 cm³/mol. The average molecular weight is 379 g/mol. The molecular formula is C17H16ClFN4O3. The minimum absolute atomic E-state index is 0.0261. The Labute approximate surface area is 153 Å². The summed E-state index contributed by atoms with van der Waals surface area (Å²) >= 11 is 6.16. The first-order valence-corrected chi connectivity index (χ1v) is 8.12. The van der Waals surface area contributed by atoms with Crippen LogP contribution in [0.1, 0.15) is 24.3 Å². The Morgan fingerprint density at radius 1 is 1.38 bits per heavy atom. The van der Waals surface area contributed by atoms with Gasteiger partial charge in [0.1, 0.15) is 34.6 Å². The number of carboxylic acids is 1. The Kier molecular flexibility index (Phi) is 4.69. The van der Waals surface area contributed by atoms with Gasteiger partial charge in [0.05, 0.1) is 16.8 Å². The number of benzene rings is 1. The van der Waals surface area contributed by atoms with Crippen molar-refractivity contribution in [2.45, 2.75) is 20.0 Å². The Morgan fingerprint density at radius 3 is 2.77 bits per heavy atom. The van der Waals surface area contributed by atoms with Crippen LogP contribution in [0, 0.1) is 5.82 Å². The summed E-state index contributed by atoms with van der Waals surface area (Å²) in [4.78, 5) is 19.7. The topological polar surface area (TPSA) is 89.3 Å². The summed E-state index contributed by atoms with van der Waals surface area (Å²) in [6.45, 7) is 3.65. The summed E-state index contributed by atoms with van der Waals surface area (Å²) in [6, 6.07) is 4.07. The number of aryl methyl sites for hydroxylation is 1. The normalized spacial score (nSPS) is 11.2. The SMILES string of the molecule is CC(C)Oc1cc(F)ccc1Nc1ncnc2c(Cl)c(C(=O)O)n(C)c12. The van der Waals surface area contributed by atoms with E-state index < -0.39 is 11.8 Å². The molecule has 0 radical (unpaired) electrons. The standard InChI is InChI=1S/C17H16ClFN4O3/c1-8(2)26-11-6-9(19)4-5-10(11)22-16-15-13(20-7-21-16)12(18)14(17(24)25)23(15)3/h4-8H,1-3H3,(H,24,25)(H,20,21,22). The number of nitrogens with zero attached hydrogens (tertiary/aromatic N) is 3. The van der Waals surface area contributed by atoms with Crippen molar-refractivity contribution in [1.29, 1.82) is 0 Å². The van der Waals surface area contributed by atoms with Crippen LogP contribution in [0.15, 0.2) is 24.5 Å². The molecule has 3 rings (SSSR count). The van der Waals surface area contributed by atoms with Gasteiger partial charge in [-0.1, -0.05) is 11.6 Å². The number of aromatic nitrogens is 3. The van der Waals surface area contributed by atoms with E-state index in [0.29, 0.717) is 28.3 Å². The second-order valence-corrected chi connectivity index (χ2v) is 6.26. The van der Waals surface area contributed by atoms with E-state index in [-0.39, 0.29) is 16.8 Å². The zero-order valence-electron chi connectivity index (χ0n) is 14.2. The third kappa shape index (κ3) is 3.15. The highest BCUT2D eigenvalue weighted by molar-refractivity contribution is 6.38. The number of rotatable bonds is 5. The van der Waals surface area contributed by atoms with Crippen molar-refractivity contribution in [1.82, 2.24) is 14.5 Å². The fraction of sp³-hybridized carbons (Fsp3) is 0.235. The van der Waals surface area contributed by atoms with Crippen molar-refractivity contribution in [2.75, 3.05) is 5.32 Å². The molecule has 0 unspecified atom stereocenters. The number of halogens is 2. The van der Waals surface area contributed by atoms with Crippen molar-refractivity contribution in [3.05, 3.63) is 41.1 Å². The molecule has 136 valence electrons. The molecule has 2 aromatic heterocycles. The number of aromatic carboxylic acids is 1. The van der Waals surface area contributed by atoms with E-state index in [4.69, 9.17) is 16.3 Å². The molecule has 0 aliphatic rings. The monoisotopic (exact) mass is 378 g/mol. The van der Waals surface area contributed by atoms with Gasteiger partial charge in [0.15, 0.2) is 5.82 Å². The molecule has 9 heteroatoms. The number of nitrogens with one attached hydrogen (secondary N) is 1. The molecule has 0 spiro atoms. The summed E-state index contributed by atoms with van der Waals surface area (Å²) in [6.07, 6.45) is 1.11. The summed E-state index contributed by atoms with van der Waals surface area (Å²) in [5.74, 6) is -0.973. The minimum Gasteiger partial charge on any atom is -0.489 e. The van der Waals surface area contributed by atoms with Crippen LogP contribution < -0.4 is 10.1 Å². The van der Waals surface area contributed by atoms with Gasteiger partial charge in [0.25, 0.3) is 0 Å². The first-order chi connectivity index (χ1) is 12.3. The van der Waals surface area contributed by atoms with Gasteiger partial charge in [0.2, 0.25) is 0 Å². The van der Waals surface area contributed by atoms with Crippen molar-refractivity contribution >= 4 is 40.1 Å². The van der Waals surface area contributed by atoms with Crippen LogP contribution in [0.3, 0.4) is 0 Å². The van der Waals surface area contributed by atoms with Crippen molar-refractivity contribution in [3.8, 4) is 5.75 Å². The van der Waals surface area contributed by atoms with E-state index >= 15 is 0 Å². The Balaban J connectivity index is 2.14. The first-order valence-electron chi connectivity index (χ1n) is 7.75. The molecule has 26 heavy (non-hydrogen) atoms. The third-order valence-corrected chi connectivity index (χ3v) is 4.03. The second kappa shape index (κ2) is 6.80. The van der Waals surface area contributed by atoms with E-state index in [2.05, 4.69) is 15.3 Å². The fourth-order valence-electron chi connectivity index (χ4n) is 2.64. The number of hydrogen-bond acceptors (Lipinski definition) is 5. The average Bonchev–Trinajstić information content (AvgIpc) is 2.81. The van der Waals surface area contributed by atoms with E-state index in [1.165, 1.54) is 29.1 Å². The quantitative estimate of drug-likeness (QED) is 0.697. The molecule has 3 aromatic rings. The highest BCUT2D eigenvalue weighted by atomic mass is 35.5. The molecule has 7 nitrogen and oxygen atoms in total. The van der Waals surface area contributed by atoms with Gasteiger partial charge in [-0.15, -0.1) is 0 Å². The van der Waals surface area contributed by atoms with E-state index in [1.54, 1.807) is 7.05 Å². The second-order valence-electron chi connectivity index (χ2n) is 5.88. The summed E-state index contributed by atoms with van der Waals surface area (Å²) in [5.41, 5.74) is 1.10. The predicted octanol–water partition coefficient (Wildman–Crippen LogP) is 3.99. The van der Waals surface area contributed by atoms with E-state index in [1.807, 2.05) is 13.8 Å². The highest BCUT2D eigenvalue weighted by Gasteiger charge is 2.23. The number of hydrogen-bond donors (Lipinski definition) is 2. The van der Waals surface area contributed by atoms with Crippen molar-refractivity contribution < 1.29 is 19.0 Å². The smallest absolute Gasteiger partial charge is 0.354 e. The molecule has 0 fully saturated rings. The lowest BCUT2D eigenvalue weighted by Crippen LogP contribution is -2.09. The lowest BCUT2D eigenvalue weighted by Gasteiger charge is -2.16. The number of carbonyl (C=O) groups is 1. The Hall–Kier alpha value is -2.87. The zero-order valence-corrected chi connectivity index (χ0v) is 15.0. The maximum atomic E-state index is 13.6. The maximum absolute atomic E-state index is 13.6. The van der Waals surface area contributed by atoms with Gasteiger partial charge in [-0.3, -0.25) is 0 Å². The van der Waals surface area contributed by atoms with E-state index in [9.17, 15) is 14.3 Å². The molecule has 2 heterocycles. The van der Waals surface area contributed by atoms with Crippen LogP contribution in [-0.4, -0.2) is 31.7 Å². The van der Waals surface area contributed by atoms with Gasteiger partial charge >= 0.3 is 5.97 Å². The van der Waals surface area contributed by atoms with Crippen LogP contribution >= 0.6 is 11.6 Å². The molecule has 0 saturated carbocycles. The van der Waals surface area contributed by atoms with E-state index in [0.717, 1.165) is 0 Å². The summed E-state index contributed by atoms with van der Waals surface area (Å²) in [7, 11) is 1.56. The molecule has 0 aliphatic heterocycles. The minimum atomic E-state index is -1.17. The van der Waals surface area contributed by atoms with Crippen molar-refractivity contribution in [3.63, 3.8) is 0 Å². The lowest BCUT2D eigenvalue weighted by atomic mass is 10.2. The van der Waals surface area contributed by atoms with Gasteiger partial charge in [-0.2, -0.15) is 0 Å². The molecule has 1 aromatic carbocycles. The number of anilines is 2. The van der Waals surface area contributed by atoms with Crippen LogP contribution in [0.2, 0.25) is 5.02 Å². The van der Waals surface area contributed by atoms with Crippen LogP contribution in [-0.2, 0) is 7.05 Å². The zero-order chi connectivity index (χ0) is 19.0. The fourth-order valence-corrected chi connectivity index (χ4v) is 2.98. The van der Waals surface area contributed by atoms with Gasteiger partial charge in [0, 0.05) is 13.1 Å². The largest absolute Gasteiger partial charge is 0.489 e. The summed E-state index contributed by atoms with van der Waals surface area (Å²) in [5, 5.41) is 12.4. The Morgan fingerprint density at radius 2 is 2.12 bits per heavy atom. The number of ether oxygens (including phenoxy) is 1. The van der Waals surface area contributed by atoms with Gasteiger partial charge in [-0.05, 0) is 26.0 Å². The number of fused-ring (bicyclic) bond motifs is 1. The first kappa shape index (κ1) is 17.9. The molecule has 0 saturated heterocycles. The van der Waals surface area contributed by atoms with Crippen LogP contribution in [0.25, 0.3) is 11.0 Å². The molecule has 0 atom stereocenters.